The fraction of sp³-hybridized carbons (Fsp3) is 0.762. The Kier molecular flexibility index (Phi) is 4.89. The summed E-state index contributed by atoms with van der Waals surface area (Å²) in [7, 11) is 0. The van der Waals surface area contributed by atoms with Gasteiger partial charge in [0, 0.05) is 17.9 Å². The topological polar surface area (TPSA) is 66.8 Å². The van der Waals surface area contributed by atoms with Crippen LogP contribution in [-0.2, 0) is 9.53 Å². The van der Waals surface area contributed by atoms with Gasteiger partial charge >= 0.3 is 0 Å². The third kappa shape index (κ3) is 3.19. The van der Waals surface area contributed by atoms with E-state index in [1.54, 1.807) is 0 Å². The predicted octanol–water partition coefficient (Wildman–Crippen LogP) is 3.67. The van der Waals surface area contributed by atoms with Crippen LogP contribution < -0.4 is 0 Å². The summed E-state index contributed by atoms with van der Waals surface area (Å²) in [4.78, 5) is 12.4. The maximum Gasteiger partial charge on any atom is 0.190 e. The highest BCUT2D eigenvalue weighted by atomic mass is 16.5. The number of fused-ring (bicyclic) bond motifs is 1. The Bertz CT molecular complexity index is 615. The third-order valence-electron chi connectivity index (χ3n) is 6.71. The van der Waals surface area contributed by atoms with Gasteiger partial charge in [0.15, 0.2) is 5.78 Å². The molecule has 4 nitrogen and oxygen atoms in total. The average molecular weight is 348 g/mol. The lowest BCUT2D eigenvalue weighted by molar-refractivity contribution is -0.136. The van der Waals surface area contributed by atoms with Crippen molar-refractivity contribution in [2.75, 3.05) is 0 Å². The molecule has 0 saturated heterocycles. The van der Waals surface area contributed by atoms with Crippen molar-refractivity contribution < 1.29 is 19.7 Å². The molecule has 0 aromatic carbocycles. The number of hydrogen-bond donors (Lipinski definition) is 2. The number of ether oxygens (including phenoxy) is 1. The Morgan fingerprint density at radius 3 is 2.80 bits per heavy atom. The van der Waals surface area contributed by atoms with Gasteiger partial charge in [-0.1, -0.05) is 18.6 Å². The highest BCUT2D eigenvalue weighted by Gasteiger charge is 2.60. The highest BCUT2D eigenvalue weighted by Crippen LogP contribution is 2.56. The number of carbonyl (C=O) groups excluding carboxylic acids is 1. The first kappa shape index (κ1) is 18.7. The molecule has 2 aliphatic carbocycles. The van der Waals surface area contributed by atoms with E-state index in [9.17, 15) is 15.0 Å². The van der Waals surface area contributed by atoms with Crippen LogP contribution >= 0.6 is 0 Å². The van der Waals surface area contributed by atoms with Crippen LogP contribution in [0.2, 0.25) is 0 Å². The molecule has 0 aromatic heterocycles. The Morgan fingerprint density at radius 1 is 1.40 bits per heavy atom. The van der Waals surface area contributed by atoms with Crippen molar-refractivity contribution >= 4 is 5.78 Å². The van der Waals surface area contributed by atoms with Gasteiger partial charge in [0.05, 0.1) is 5.60 Å². The molecule has 0 aromatic rings. The zero-order chi connectivity index (χ0) is 18.4. The molecule has 140 valence electrons. The second-order valence-electron chi connectivity index (χ2n) is 8.74. The SMILES string of the molecule is CC(C)=CCC[C@@H](C)[C@]1(O)CC[C@@]2(C)OC3=C(C[C@@H]12)C(=O)[C@H](O)CC3. The number of aliphatic hydroxyl groups excluding tert-OH is 1. The second-order valence-corrected chi connectivity index (χ2v) is 8.74. The van der Waals surface area contributed by atoms with Gasteiger partial charge in [-0.05, 0) is 65.2 Å². The van der Waals surface area contributed by atoms with Crippen molar-refractivity contribution in [3.8, 4) is 0 Å². The number of rotatable bonds is 4. The van der Waals surface area contributed by atoms with Crippen LogP contribution in [0.1, 0.15) is 72.6 Å². The van der Waals surface area contributed by atoms with Gasteiger partial charge in [0.1, 0.15) is 17.5 Å². The van der Waals surface area contributed by atoms with E-state index in [0.717, 1.165) is 25.0 Å². The lowest BCUT2D eigenvalue weighted by Crippen LogP contribution is -2.51. The number of aliphatic hydroxyl groups is 2. The van der Waals surface area contributed by atoms with Crippen molar-refractivity contribution in [1.29, 1.82) is 0 Å². The number of Topliss-reactive ketones (excluding diaryl/α,β-unsaturated/α-hetero) is 1. The van der Waals surface area contributed by atoms with Gasteiger partial charge in [-0.25, -0.2) is 0 Å². The number of ketones is 1. The van der Waals surface area contributed by atoms with Crippen LogP contribution in [0.5, 0.6) is 0 Å². The van der Waals surface area contributed by atoms with Crippen LogP contribution in [0.15, 0.2) is 23.0 Å². The second kappa shape index (κ2) is 6.55. The van der Waals surface area contributed by atoms with E-state index in [4.69, 9.17) is 4.74 Å². The van der Waals surface area contributed by atoms with E-state index >= 15 is 0 Å². The Morgan fingerprint density at radius 2 is 2.12 bits per heavy atom. The van der Waals surface area contributed by atoms with Crippen molar-refractivity contribution in [2.45, 2.75) is 89.9 Å². The first-order valence-electron chi connectivity index (χ1n) is 9.66. The minimum Gasteiger partial charge on any atom is -0.491 e. The standard InChI is InChI=1S/C21H32O4/c1-13(2)6-5-7-14(3)21(24)11-10-20(4)18(21)12-15-17(25-20)9-8-16(22)19(15)23/h6,14,16,18,22,24H,5,7-12H2,1-4H3/t14-,16-,18-,20-,21-/m1/s1. The van der Waals surface area contributed by atoms with Crippen molar-refractivity contribution in [3.05, 3.63) is 23.0 Å². The van der Waals surface area contributed by atoms with Gasteiger partial charge in [-0.15, -0.1) is 0 Å². The molecule has 2 N–H and O–H groups in total. The average Bonchev–Trinajstić information content (AvgIpc) is 2.82. The van der Waals surface area contributed by atoms with Crippen LogP contribution in [0.25, 0.3) is 0 Å². The fourth-order valence-corrected chi connectivity index (χ4v) is 5.00. The molecule has 0 spiro atoms. The summed E-state index contributed by atoms with van der Waals surface area (Å²) in [6.07, 6.45) is 6.32. The number of hydrogen-bond acceptors (Lipinski definition) is 4. The summed E-state index contributed by atoms with van der Waals surface area (Å²) in [5, 5.41) is 21.5. The molecule has 0 amide bonds. The third-order valence-corrected chi connectivity index (χ3v) is 6.71. The molecule has 3 aliphatic rings. The normalized spacial score (nSPS) is 38.7. The monoisotopic (exact) mass is 348 g/mol. The summed E-state index contributed by atoms with van der Waals surface area (Å²) < 4.78 is 6.28. The first-order valence-corrected chi connectivity index (χ1v) is 9.66. The van der Waals surface area contributed by atoms with E-state index in [1.807, 2.05) is 0 Å². The predicted molar refractivity (Wildman–Crippen MR) is 96.9 cm³/mol. The van der Waals surface area contributed by atoms with Crippen LogP contribution in [0, 0.1) is 11.8 Å². The van der Waals surface area contributed by atoms with Crippen LogP contribution in [0.4, 0.5) is 0 Å². The quantitative estimate of drug-likeness (QED) is 0.761. The van der Waals surface area contributed by atoms with Crippen LogP contribution in [0.3, 0.4) is 0 Å². The van der Waals surface area contributed by atoms with Gasteiger partial charge in [0.25, 0.3) is 0 Å². The molecule has 1 heterocycles. The lowest BCUT2D eigenvalue weighted by atomic mass is 9.69. The number of allylic oxidation sites excluding steroid dienone is 3. The van der Waals surface area contributed by atoms with Crippen LogP contribution in [-0.4, -0.2) is 33.3 Å². The smallest absolute Gasteiger partial charge is 0.190 e. The minimum atomic E-state index is -0.906. The van der Waals surface area contributed by atoms with E-state index in [2.05, 4.69) is 33.8 Å². The molecular formula is C21H32O4. The maximum absolute atomic E-state index is 12.4. The highest BCUT2D eigenvalue weighted by molar-refractivity contribution is 6.00. The Balaban J connectivity index is 1.82. The summed E-state index contributed by atoms with van der Waals surface area (Å²) in [5.74, 6) is 0.615. The molecular weight excluding hydrogens is 316 g/mol. The molecule has 0 bridgehead atoms. The molecule has 4 heteroatoms. The van der Waals surface area contributed by atoms with Crippen molar-refractivity contribution in [2.24, 2.45) is 11.8 Å². The molecule has 3 rings (SSSR count). The summed E-state index contributed by atoms with van der Waals surface area (Å²) in [6, 6.07) is 0. The largest absolute Gasteiger partial charge is 0.491 e. The minimum absolute atomic E-state index is 0.0882. The molecule has 25 heavy (non-hydrogen) atoms. The molecule has 1 fully saturated rings. The summed E-state index contributed by atoms with van der Waals surface area (Å²) >= 11 is 0. The van der Waals surface area contributed by atoms with E-state index < -0.39 is 17.3 Å². The van der Waals surface area contributed by atoms with E-state index in [1.165, 1.54) is 5.57 Å². The van der Waals surface area contributed by atoms with E-state index in [0.29, 0.717) is 31.3 Å². The van der Waals surface area contributed by atoms with Gasteiger partial charge < -0.3 is 14.9 Å². The molecule has 0 radical (unpaired) electrons. The zero-order valence-electron chi connectivity index (χ0n) is 16.0. The van der Waals surface area contributed by atoms with Crippen molar-refractivity contribution in [3.63, 3.8) is 0 Å². The fourth-order valence-electron chi connectivity index (χ4n) is 5.00. The molecule has 1 saturated carbocycles. The zero-order valence-corrected chi connectivity index (χ0v) is 16.0. The van der Waals surface area contributed by atoms with Crippen molar-refractivity contribution in [1.82, 2.24) is 0 Å². The van der Waals surface area contributed by atoms with Gasteiger partial charge in [0.2, 0.25) is 0 Å². The number of carbonyl (C=O) groups is 1. The molecule has 1 aliphatic heterocycles. The Labute approximate surface area is 151 Å². The molecule has 0 unspecified atom stereocenters. The first-order chi connectivity index (χ1) is 11.7. The Hall–Kier alpha value is -1.13. The maximum atomic E-state index is 12.4. The van der Waals surface area contributed by atoms with Gasteiger partial charge in [-0.2, -0.15) is 0 Å². The lowest BCUT2D eigenvalue weighted by Gasteiger charge is -2.46. The van der Waals surface area contributed by atoms with Gasteiger partial charge in [-0.3, -0.25) is 4.79 Å². The summed E-state index contributed by atoms with van der Waals surface area (Å²) in [5.41, 5.74) is 0.706. The summed E-state index contributed by atoms with van der Waals surface area (Å²) in [6.45, 7) is 8.38. The molecule has 5 atom stereocenters. The van der Waals surface area contributed by atoms with E-state index in [-0.39, 0.29) is 17.6 Å².